The van der Waals surface area contributed by atoms with Crippen molar-refractivity contribution in [3.63, 3.8) is 0 Å². The molecule has 0 aliphatic rings. The molecule has 0 saturated heterocycles. The predicted molar refractivity (Wildman–Crippen MR) is 72.2 cm³/mol. The molecule has 0 bridgehead atoms. The fourth-order valence-corrected chi connectivity index (χ4v) is 1.95. The van der Waals surface area contributed by atoms with Gasteiger partial charge in [-0.25, -0.2) is 4.68 Å². The van der Waals surface area contributed by atoms with E-state index in [2.05, 4.69) is 21.9 Å². The lowest BCUT2D eigenvalue weighted by Gasteiger charge is -2.02. The summed E-state index contributed by atoms with van der Waals surface area (Å²) in [5.74, 6) is -0.204. The third-order valence-corrected chi connectivity index (χ3v) is 3.08. The zero-order chi connectivity index (χ0) is 14.1. The first kappa shape index (κ1) is 15.5. The van der Waals surface area contributed by atoms with E-state index >= 15 is 0 Å². The number of aromatic nitrogens is 3. The van der Waals surface area contributed by atoms with Gasteiger partial charge in [-0.05, 0) is 24.9 Å². The Kier molecular flexibility index (Phi) is 6.94. The normalized spacial score (nSPS) is 10.4. The van der Waals surface area contributed by atoms with Crippen molar-refractivity contribution < 1.29 is 14.7 Å². The fraction of sp³-hybridized carbons (Fsp3) is 0.636. The quantitative estimate of drug-likeness (QED) is 0.646. The second-order valence-corrected chi connectivity index (χ2v) is 4.99. The van der Waals surface area contributed by atoms with E-state index in [4.69, 9.17) is 5.11 Å². The van der Waals surface area contributed by atoms with Gasteiger partial charge in [-0.3, -0.25) is 9.59 Å². The minimum Gasteiger partial charge on any atom is -0.480 e. The van der Waals surface area contributed by atoms with Crippen molar-refractivity contribution in [3.05, 3.63) is 11.9 Å². The number of amides is 1. The van der Waals surface area contributed by atoms with Crippen LogP contribution in [0.5, 0.6) is 0 Å². The number of hydrogen-bond acceptors (Lipinski definition) is 5. The summed E-state index contributed by atoms with van der Waals surface area (Å²) in [6.45, 7) is 0.300. The van der Waals surface area contributed by atoms with E-state index in [-0.39, 0.29) is 18.1 Å². The lowest BCUT2D eigenvalue weighted by Crippen LogP contribution is -2.24. The largest absolute Gasteiger partial charge is 0.480 e. The summed E-state index contributed by atoms with van der Waals surface area (Å²) in [6, 6.07) is 0. The molecule has 0 spiro atoms. The van der Waals surface area contributed by atoms with E-state index in [0.29, 0.717) is 6.54 Å². The summed E-state index contributed by atoms with van der Waals surface area (Å²) in [4.78, 5) is 22.1. The first-order valence-electron chi connectivity index (χ1n) is 6.02. The minimum absolute atomic E-state index is 0.144. The number of nitrogens with one attached hydrogen (secondary N) is 1. The summed E-state index contributed by atoms with van der Waals surface area (Å²) >= 11 is 1.81. The highest BCUT2D eigenvalue weighted by atomic mass is 32.2. The predicted octanol–water partition coefficient (Wildman–Crippen LogP) is 0.626. The molecule has 0 radical (unpaired) electrons. The van der Waals surface area contributed by atoms with Crippen molar-refractivity contribution in [2.45, 2.75) is 25.8 Å². The SMILES string of the molecule is CSCCCCCNC(=O)c1cn(CC(=O)O)nn1. The fourth-order valence-electron chi connectivity index (χ4n) is 1.46. The third-order valence-electron chi connectivity index (χ3n) is 2.38. The molecule has 0 aliphatic heterocycles. The Morgan fingerprint density at radius 2 is 2.21 bits per heavy atom. The molecule has 0 atom stereocenters. The molecule has 106 valence electrons. The number of aliphatic carboxylic acids is 1. The van der Waals surface area contributed by atoms with Gasteiger partial charge in [0, 0.05) is 6.54 Å². The third kappa shape index (κ3) is 6.23. The number of carbonyl (C=O) groups is 2. The number of rotatable bonds is 9. The van der Waals surface area contributed by atoms with Crippen LogP contribution < -0.4 is 5.32 Å². The number of unbranched alkanes of at least 4 members (excludes halogenated alkanes) is 2. The standard InChI is InChI=1S/C11H18N4O3S/c1-19-6-4-2-3-5-12-11(18)9-7-15(14-13-9)8-10(16)17/h7H,2-6,8H2,1H3,(H,12,18)(H,16,17). The van der Waals surface area contributed by atoms with Crippen molar-refractivity contribution >= 4 is 23.6 Å². The van der Waals surface area contributed by atoms with Gasteiger partial charge in [-0.2, -0.15) is 11.8 Å². The van der Waals surface area contributed by atoms with Crippen LogP contribution in [0.2, 0.25) is 0 Å². The zero-order valence-corrected chi connectivity index (χ0v) is 11.7. The van der Waals surface area contributed by atoms with Crippen LogP contribution in [-0.4, -0.2) is 50.5 Å². The van der Waals surface area contributed by atoms with Crippen LogP contribution in [-0.2, 0) is 11.3 Å². The molecule has 0 fully saturated rings. The average Bonchev–Trinajstić information content (AvgIpc) is 2.81. The lowest BCUT2D eigenvalue weighted by molar-refractivity contribution is -0.137. The van der Waals surface area contributed by atoms with Crippen LogP contribution in [0.15, 0.2) is 6.20 Å². The van der Waals surface area contributed by atoms with Gasteiger partial charge in [0.2, 0.25) is 0 Å². The number of carboxylic acids is 1. The second kappa shape index (κ2) is 8.52. The van der Waals surface area contributed by atoms with Crippen LogP contribution >= 0.6 is 11.8 Å². The van der Waals surface area contributed by atoms with Crippen LogP contribution in [0.25, 0.3) is 0 Å². The van der Waals surface area contributed by atoms with Crippen molar-refractivity contribution in [1.82, 2.24) is 20.3 Å². The number of carboxylic acid groups (broad SMARTS) is 1. The molecule has 0 aromatic carbocycles. The van der Waals surface area contributed by atoms with Crippen LogP contribution in [0.1, 0.15) is 29.8 Å². The van der Waals surface area contributed by atoms with E-state index in [1.54, 1.807) is 0 Å². The van der Waals surface area contributed by atoms with E-state index < -0.39 is 5.97 Å². The summed E-state index contributed by atoms with van der Waals surface area (Å²) in [7, 11) is 0. The van der Waals surface area contributed by atoms with Crippen molar-refractivity contribution in [1.29, 1.82) is 0 Å². The molecule has 1 heterocycles. The van der Waals surface area contributed by atoms with Crippen molar-refractivity contribution in [3.8, 4) is 0 Å². The molecule has 8 heteroatoms. The maximum Gasteiger partial charge on any atom is 0.325 e. The Balaban J connectivity index is 2.25. The molecule has 2 N–H and O–H groups in total. The molecule has 1 aromatic heterocycles. The van der Waals surface area contributed by atoms with Crippen LogP contribution in [0.4, 0.5) is 0 Å². The van der Waals surface area contributed by atoms with Gasteiger partial charge in [-0.1, -0.05) is 11.6 Å². The number of hydrogen-bond donors (Lipinski definition) is 2. The Bertz CT molecular complexity index is 422. The Labute approximate surface area is 115 Å². The van der Waals surface area contributed by atoms with Crippen LogP contribution in [0.3, 0.4) is 0 Å². The Hall–Kier alpha value is -1.57. The highest BCUT2D eigenvalue weighted by Crippen LogP contribution is 2.01. The van der Waals surface area contributed by atoms with Crippen LogP contribution in [0, 0.1) is 0 Å². The van der Waals surface area contributed by atoms with Gasteiger partial charge in [0.1, 0.15) is 6.54 Å². The van der Waals surface area contributed by atoms with Gasteiger partial charge in [0.15, 0.2) is 5.69 Å². The van der Waals surface area contributed by atoms with Gasteiger partial charge in [0.25, 0.3) is 5.91 Å². The van der Waals surface area contributed by atoms with Gasteiger partial charge in [-0.15, -0.1) is 5.10 Å². The maximum absolute atomic E-state index is 11.7. The number of nitrogens with zero attached hydrogens (tertiary/aromatic N) is 3. The van der Waals surface area contributed by atoms with Gasteiger partial charge >= 0.3 is 5.97 Å². The molecule has 0 unspecified atom stereocenters. The summed E-state index contributed by atoms with van der Waals surface area (Å²) in [5, 5.41) is 18.5. The molecule has 1 amide bonds. The molecule has 1 aromatic rings. The topological polar surface area (TPSA) is 97.1 Å². The highest BCUT2D eigenvalue weighted by molar-refractivity contribution is 7.98. The monoisotopic (exact) mass is 286 g/mol. The number of carbonyl (C=O) groups excluding carboxylic acids is 1. The summed E-state index contributed by atoms with van der Waals surface area (Å²) in [5.41, 5.74) is 0.144. The van der Waals surface area contributed by atoms with Gasteiger partial charge in [0.05, 0.1) is 6.20 Å². The van der Waals surface area contributed by atoms with Crippen molar-refractivity contribution in [2.24, 2.45) is 0 Å². The molecular formula is C11H18N4O3S. The van der Waals surface area contributed by atoms with Gasteiger partial charge < -0.3 is 10.4 Å². The first-order chi connectivity index (χ1) is 9.13. The average molecular weight is 286 g/mol. The highest BCUT2D eigenvalue weighted by Gasteiger charge is 2.11. The first-order valence-corrected chi connectivity index (χ1v) is 7.42. The summed E-state index contributed by atoms with van der Waals surface area (Å²) in [6.07, 6.45) is 6.55. The Morgan fingerprint density at radius 3 is 2.89 bits per heavy atom. The lowest BCUT2D eigenvalue weighted by atomic mass is 10.2. The Morgan fingerprint density at radius 1 is 1.42 bits per heavy atom. The van der Waals surface area contributed by atoms with E-state index in [9.17, 15) is 9.59 Å². The summed E-state index contributed by atoms with van der Waals surface area (Å²) < 4.78 is 1.12. The van der Waals surface area contributed by atoms with E-state index in [0.717, 1.165) is 29.7 Å². The molecule has 0 saturated carbocycles. The minimum atomic E-state index is -1.02. The van der Waals surface area contributed by atoms with Crippen molar-refractivity contribution in [2.75, 3.05) is 18.6 Å². The van der Waals surface area contributed by atoms with E-state index in [1.165, 1.54) is 6.20 Å². The molecule has 1 rings (SSSR count). The smallest absolute Gasteiger partial charge is 0.325 e. The second-order valence-electron chi connectivity index (χ2n) is 4.00. The molecular weight excluding hydrogens is 268 g/mol. The molecule has 19 heavy (non-hydrogen) atoms. The van der Waals surface area contributed by atoms with E-state index in [1.807, 2.05) is 11.8 Å². The molecule has 0 aliphatic carbocycles. The number of thioether (sulfide) groups is 1. The maximum atomic E-state index is 11.7. The zero-order valence-electron chi connectivity index (χ0n) is 10.8. The molecule has 7 nitrogen and oxygen atoms in total.